The van der Waals surface area contributed by atoms with Gasteiger partial charge in [-0.05, 0) is 81.0 Å². The minimum absolute atomic E-state index is 0.0628. The van der Waals surface area contributed by atoms with Gasteiger partial charge in [-0.15, -0.1) is 0 Å². The summed E-state index contributed by atoms with van der Waals surface area (Å²) in [5, 5.41) is 2.93. The molecule has 1 amide bonds. The number of rotatable bonds is 6. The van der Waals surface area contributed by atoms with Gasteiger partial charge < -0.3 is 5.32 Å². The first-order chi connectivity index (χ1) is 13.8. The fraction of sp³-hybridized carbons (Fsp3) is 0.318. The summed E-state index contributed by atoms with van der Waals surface area (Å²) < 4.78 is 28.3. The van der Waals surface area contributed by atoms with Crippen molar-refractivity contribution in [3.05, 3.63) is 69.8 Å². The van der Waals surface area contributed by atoms with Gasteiger partial charge in [0, 0.05) is 17.8 Å². The maximum atomic E-state index is 12.9. The van der Waals surface area contributed by atoms with Gasteiger partial charge in [-0.2, -0.15) is 0 Å². The first-order valence-corrected chi connectivity index (χ1v) is 11.5. The van der Waals surface area contributed by atoms with Crippen molar-refractivity contribution < 1.29 is 13.2 Å². The van der Waals surface area contributed by atoms with E-state index in [1.165, 1.54) is 30.2 Å². The molecule has 0 saturated carbocycles. The third kappa shape index (κ3) is 5.40. The second kappa shape index (κ2) is 9.01. The Balaban J connectivity index is 1.78. The quantitative estimate of drug-likeness (QED) is 0.631. The van der Waals surface area contributed by atoms with Crippen LogP contribution in [-0.2, 0) is 10.0 Å². The molecule has 3 rings (SSSR count). The number of sulfonamides is 1. The molecule has 2 aromatic carbocycles. The molecule has 1 aliphatic rings. The Morgan fingerprint density at radius 3 is 2.55 bits per heavy atom. The molecule has 0 saturated heterocycles. The van der Waals surface area contributed by atoms with Crippen LogP contribution in [0.3, 0.4) is 0 Å². The van der Waals surface area contributed by atoms with E-state index in [1.54, 1.807) is 12.1 Å². The molecule has 5 nitrogen and oxygen atoms in total. The largest absolute Gasteiger partial charge is 0.348 e. The van der Waals surface area contributed by atoms with Gasteiger partial charge >= 0.3 is 0 Å². The highest BCUT2D eigenvalue weighted by Gasteiger charge is 2.21. The van der Waals surface area contributed by atoms with Gasteiger partial charge in [0.1, 0.15) is 4.90 Å². The van der Waals surface area contributed by atoms with Gasteiger partial charge in [0.05, 0.1) is 5.02 Å². The van der Waals surface area contributed by atoms with Crippen LogP contribution in [0, 0.1) is 13.8 Å². The Bertz CT molecular complexity index is 1060. The van der Waals surface area contributed by atoms with E-state index in [-0.39, 0.29) is 21.4 Å². The number of hydrogen-bond donors (Lipinski definition) is 2. The molecule has 0 aliphatic heterocycles. The summed E-state index contributed by atoms with van der Waals surface area (Å²) in [5.74, 6) is -0.323. The van der Waals surface area contributed by atoms with E-state index < -0.39 is 10.0 Å². The zero-order valence-electron chi connectivity index (χ0n) is 16.6. The number of amides is 1. The molecule has 0 unspecified atom stereocenters. The molecule has 0 radical (unpaired) electrons. The van der Waals surface area contributed by atoms with Gasteiger partial charge in [-0.1, -0.05) is 29.3 Å². The Hall–Kier alpha value is -2.31. The third-order valence-electron chi connectivity index (χ3n) is 5.10. The molecule has 154 valence electrons. The van der Waals surface area contributed by atoms with Crippen molar-refractivity contribution in [2.45, 2.75) is 44.4 Å². The number of aryl methyl sites for hydroxylation is 2. The predicted octanol–water partition coefficient (Wildman–Crippen LogP) is 4.99. The summed E-state index contributed by atoms with van der Waals surface area (Å²) >= 11 is 6.15. The molecule has 2 N–H and O–H groups in total. The Morgan fingerprint density at radius 2 is 1.86 bits per heavy atom. The summed E-state index contributed by atoms with van der Waals surface area (Å²) in [7, 11) is -3.94. The van der Waals surface area contributed by atoms with E-state index in [0.29, 0.717) is 12.2 Å². The molecule has 0 aromatic heterocycles. The second-order valence-corrected chi connectivity index (χ2v) is 9.40. The lowest BCUT2D eigenvalue weighted by Crippen LogP contribution is -2.26. The second-order valence-electron chi connectivity index (χ2n) is 7.34. The predicted molar refractivity (Wildman–Crippen MR) is 117 cm³/mol. The molecule has 0 bridgehead atoms. The van der Waals surface area contributed by atoms with Crippen LogP contribution in [0.1, 0.15) is 47.2 Å². The molecule has 2 aromatic rings. The number of nitrogens with one attached hydrogen (secondary N) is 2. The lowest BCUT2D eigenvalue weighted by Gasteiger charge is -2.14. The van der Waals surface area contributed by atoms with Crippen LogP contribution in [0.25, 0.3) is 0 Å². The van der Waals surface area contributed by atoms with E-state index in [2.05, 4.69) is 16.1 Å². The zero-order valence-corrected chi connectivity index (χ0v) is 18.2. The van der Waals surface area contributed by atoms with Crippen LogP contribution in [-0.4, -0.2) is 20.9 Å². The first kappa shape index (κ1) is 21.4. The average molecular weight is 433 g/mol. The van der Waals surface area contributed by atoms with E-state index in [0.717, 1.165) is 30.4 Å². The van der Waals surface area contributed by atoms with Gasteiger partial charge in [-0.3, -0.25) is 9.52 Å². The Morgan fingerprint density at radius 1 is 1.07 bits per heavy atom. The van der Waals surface area contributed by atoms with Crippen LogP contribution < -0.4 is 10.0 Å². The number of carbonyl (C=O) groups is 1. The average Bonchev–Trinajstić information content (AvgIpc) is 2.69. The highest BCUT2D eigenvalue weighted by Crippen LogP contribution is 2.26. The fourth-order valence-corrected chi connectivity index (χ4v) is 4.80. The lowest BCUT2D eigenvalue weighted by atomic mass is 9.99. The molecule has 29 heavy (non-hydrogen) atoms. The van der Waals surface area contributed by atoms with Crippen molar-refractivity contribution in [1.29, 1.82) is 0 Å². The van der Waals surface area contributed by atoms with Crippen molar-refractivity contribution in [2.75, 3.05) is 11.3 Å². The summed E-state index contributed by atoms with van der Waals surface area (Å²) in [6.45, 7) is 4.34. The minimum atomic E-state index is -3.94. The van der Waals surface area contributed by atoms with Crippen molar-refractivity contribution in [3.63, 3.8) is 0 Å². The molecule has 1 aliphatic carbocycles. The minimum Gasteiger partial charge on any atom is -0.348 e. The summed E-state index contributed by atoms with van der Waals surface area (Å²) in [5.41, 5.74) is 3.96. The molecule has 0 spiro atoms. The Labute approximate surface area is 177 Å². The summed E-state index contributed by atoms with van der Waals surface area (Å²) in [6, 6.07) is 9.58. The molecule has 0 heterocycles. The van der Waals surface area contributed by atoms with Crippen LogP contribution in [0.15, 0.2) is 52.9 Å². The van der Waals surface area contributed by atoms with E-state index >= 15 is 0 Å². The number of benzene rings is 2. The third-order valence-corrected chi connectivity index (χ3v) is 6.97. The van der Waals surface area contributed by atoms with E-state index in [9.17, 15) is 13.2 Å². The summed E-state index contributed by atoms with van der Waals surface area (Å²) in [6.07, 6.45) is 6.51. The maximum absolute atomic E-state index is 12.9. The topological polar surface area (TPSA) is 75.3 Å². The highest BCUT2D eigenvalue weighted by molar-refractivity contribution is 7.92. The smallest absolute Gasteiger partial charge is 0.263 e. The van der Waals surface area contributed by atoms with Gasteiger partial charge in [-0.25, -0.2) is 8.42 Å². The Kier molecular flexibility index (Phi) is 6.65. The van der Waals surface area contributed by atoms with Crippen LogP contribution in [0.4, 0.5) is 5.69 Å². The van der Waals surface area contributed by atoms with Crippen LogP contribution >= 0.6 is 11.6 Å². The monoisotopic (exact) mass is 432 g/mol. The number of anilines is 1. The van der Waals surface area contributed by atoms with Crippen molar-refractivity contribution in [3.8, 4) is 0 Å². The SMILES string of the molecule is Cc1ccc(NS(=O)(=O)c2cc(C(=O)NCC3=CCCCC3)ccc2Cl)cc1C. The number of halogens is 1. The van der Waals surface area contributed by atoms with Gasteiger partial charge in [0.25, 0.3) is 15.9 Å². The molecule has 0 atom stereocenters. The highest BCUT2D eigenvalue weighted by atomic mass is 35.5. The van der Waals surface area contributed by atoms with Crippen LogP contribution in [0.5, 0.6) is 0 Å². The molecular formula is C22H25ClN2O3S. The lowest BCUT2D eigenvalue weighted by molar-refractivity contribution is 0.0956. The van der Waals surface area contributed by atoms with E-state index in [4.69, 9.17) is 11.6 Å². The van der Waals surface area contributed by atoms with Crippen LogP contribution in [0.2, 0.25) is 5.02 Å². The first-order valence-electron chi connectivity index (χ1n) is 9.62. The number of carbonyl (C=O) groups excluding carboxylic acids is 1. The zero-order chi connectivity index (χ0) is 21.0. The van der Waals surface area contributed by atoms with Crippen molar-refractivity contribution >= 4 is 33.2 Å². The maximum Gasteiger partial charge on any atom is 0.263 e. The van der Waals surface area contributed by atoms with Gasteiger partial charge in [0.15, 0.2) is 0 Å². The van der Waals surface area contributed by atoms with Gasteiger partial charge in [0.2, 0.25) is 0 Å². The standard InChI is InChI=1S/C22H25ClN2O3S/c1-15-8-10-19(12-16(15)2)25-29(27,28)21-13-18(9-11-20(21)23)22(26)24-14-17-6-4-3-5-7-17/h6,8-13,25H,3-5,7,14H2,1-2H3,(H,24,26). The number of hydrogen-bond acceptors (Lipinski definition) is 3. The summed E-state index contributed by atoms with van der Waals surface area (Å²) in [4.78, 5) is 12.4. The molecular weight excluding hydrogens is 408 g/mol. The van der Waals surface area contributed by atoms with Crippen molar-refractivity contribution in [2.24, 2.45) is 0 Å². The van der Waals surface area contributed by atoms with E-state index in [1.807, 2.05) is 19.9 Å². The fourth-order valence-electron chi connectivity index (χ4n) is 3.23. The number of allylic oxidation sites excluding steroid dienone is 1. The van der Waals surface area contributed by atoms with Crippen molar-refractivity contribution in [1.82, 2.24) is 5.32 Å². The molecule has 0 fully saturated rings. The molecule has 7 heteroatoms. The normalized spacial score (nSPS) is 14.2.